The van der Waals surface area contributed by atoms with Gasteiger partial charge in [-0.1, -0.05) is 15.9 Å². The molecule has 1 aromatic heterocycles. The molecule has 0 radical (unpaired) electrons. The monoisotopic (exact) mass is 515 g/mol. The number of furan rings is 1. The summed E-state index contributed by atoms with van der Waals surface area (Å²) in [6, 6.07) is 10.7. The molecule has 0 bridgehead atoms. The fraction of sp³-hybridized carbons (Fsp3) is 0.136. The van der Waals surface area contributed by atoms with E-state index in [1.165, 1.54) is 30.7 Å². The second-order valence-electron chi connectivity index (χ2n) is 6.80. The molecule has 0 aliphatic heterocycles. The van der Waals surface area contributed by atoms with E-state index in [-0.39, 0.29) is 23.8 Å². The van der Waals surface area contributed by atoms with Gasteiger partial charge in [0.05, 0.1) is 17.4 Å². The molecule has 1 N–H and O–H groups in total. The molecule has 0 spiro atoms. The van der Waals surface area contributed by atoms with Crippen molar-refractivity contribution in [1.29, 1.82) is 0 Å². The maximum atomic E-state index is 12.1. The van der Waals surface area contributed by atoms with Crippen LogP contribution < -0.4 is 14.9 Å². The minimum Gasteiger partial charge on any atom is -0.483 e. The molecule has 0 atom stereocenters. The van der Waals surface area contributed by atoms with E-state index < -0.39 is 16.8 Å². The average molecular weight is 516 g/mol. The lowest BCUT2D eigenvalue weighted by molar-refractivity contribution is -0.385. The number of hydrazone groups is 1. The van der Waals surface area contributed by atoms with Crippen molar-refractivity contribution in [3.63, 3.8) is 0 Å². The molecule has 0 fully saturated rings. The Labute approximate surface area is 196 Å². The summed E-state index contributed by atoms with van der Waals surface area (Å²) in [6.45, 7) is 2.96. The first kappa shape index (κ1) is 23.7. The number of nitrogens with one attached hydrogen (secondary N) is 1. The molecule has 0 saturated carbocycles. The van der Waals surface area contributed by atoms with E-state index in [9.17, 15) is 19.7 Å². The van der Waals surface area contributed by atoms with Crippen molar-refractivity contribution in [3.05, 3.63) is 85.8 Å². The molecule has 11 heteroatoms. The Morgan fingerprint density at radius 3 is 2.58 bits per heavy atom. The molecule has 1 heterocycles. The number of rotatable bonds is 8. The van der Waals surface area contributed by atoms with Gasteiger partial charge in [0.25, 0.3) is 11.6 Å². The number of nitro groups is 1. The number of nitrogens with zero attached hydrogens (tertiary/aromatic N) is 2. The Balaban J connectivity index is 1.62. The van der Waals surface area contributed by atoms with Crippen LogP contribution in [0.15, 0.2) is 62.7 Å². The molecule has 2 aromatic carbocycles. The molecule has 170 valence electrons. The standard InChI is InChI=1S/C22H18BrN3O7/c1-13-8-17(26(29)30)9-14(2)21(13)32-12-20(27)25-24-11-15-10-16(23)5-6-18(15)33-22(28)19-4-3-7-31-19/h3-11H,12H2,1-2H3,(H,25,27)/b24-11+. The number of carbonyl (C=O) groups excluding carboxylic acids is 2. The van der Waals surface area contributed by atoms with E-state index in [2.05, 4.69) is 26.5 Å². The normalized spacial score (nSPS) is 10.8. The molecule has 3 rings (SSSR count). The number of carbonyl (C=O) groups is 2. The van der Waals surface area contributed by atoms with Crippen LogP contribution in [0.1, 0.15) is 27.2 Å². The van der Waals surface area contributed by atoms with Crippen LogP contribution in [0.25, 0.3) is 0 Å². The van der Waals surface area contributed by atoms with Crippen molar-refractivity contribution in [2.24, 2.45) is 5.10 Å². The lowest BCUT2D eigenvalue weighted by Crippen LogP contribution is -2.25. The summed E-state index contributed by atoms with van der Waals surface area (Å²) in [7, 11) is 0. The number of aryl methyl sites for hydroxylation is 2. The summed E-state index contributed by atoms with van der Waals surface area (Å²) in [4.78, 5) is 34.7. The van der Waals surface area contributed by atoms with E-state index in [1.807, 2.05) is 0 Å². The molecule has 0 aliphatic carbocycles. The Hall–Kier alpha value is -3.99. The van der Waals surface area contributed by atoms with Gasteiger partial charge in [-0.2, -0.15) is 5.10 Å². The third-order valence-corrected chi connectivity index (χ3v) is 4.79. The predicted octanol–water partition coefficient (Wildman–Crippen LogP) is 4.32. The SMILES string of the molecule is Cc1cc([N+](=O)[O-])cc(C)c1OCC(=O)N/N=C/c1cc(Br)ccc1OC(=O)c1ccco1. The van der Waals surface area contributed by atoms with Gasteiger partial charge in [0.15, 0.2) is 6.61 Å². The number of benzene rings is 2. The first-order valence-electron chi connectivity index (χ1n) is 9.50. The number of esters is 1. The number of halogens is 1. The van der Waals surface area contributed by atoms with E-state index >= 15 is 0 Å². The quantitative estimate of drug-likeness (QED) is 0.155. The summed E-state index contributed by atoms with van der Waals surface area (Å²) >= 11 is 3.33. The molecule has 33 heavy (non-hydrogen) atoms. The third kappa shape index (κ3) is 6.26. The topological polar surface area (TPSA) is 133 Å². The predicted molar refractivity (Wildman–Crippen MR) is 122 cm³/mol. The highest BCUT2D eigenvalue weighted by Crippen LogP contribution is 2.28. The minimum atomic E-state index is -0.678. The van der Waals surface area contributed by atoms with Gasteiger partial charge < -0.3 is 13.9 Å². The fourth-order valence-corrected chi connectivity index (χ4v) is 3.24. The van der Waals surface area contributed by atoms with Crippen LogP contribution in [-0.2, 0) is 4.79 Å². The highest BCUT2D eigenvalue weighted by molar-refractivity contribution is 9.10. The van der Waals surface area contributed by atoms with Crippen LogP contribution in [0, 0.1) is 24.0 Å². The molecule has 0 saturated heterocycles. The number of nitro benzene ring substituents is 1. The molecule has 0 unspecified atom stereocenters. The fourth-order valence-electron chi connectivity index (χ4n) is 2.86. The van der Waals surface area contributed by atoms with Gasteiger partial charge >= 0.3 is 5.97 Å². The van der Waals surface area contributed by atoms with Crippen molar-refractivity contribution in [2.45, 2.75) is 13.8 Å². The van der Waals surface area contributed by atoms with Crippen LogP contribution in [-0.4, -0.2) is 29.6 Å². The Kier molecular flexibility index (Phi) is 7.57. The van der Waals surface area contributed by atoms with Crippen LogP contribution in [0.4, 0.5) is 5.69 Å². The van der Waals surface area contributed by atoms with Crippen molar-refractivity contribution in [2.75, 3.05) is 6.61 Å². The first-order chi connectivity index (χ1) is 15.7. The maximum absolute atomic E-state index is 12.1. The average Bonchev–Trinajstić information content (AvgIpc) is 3.30. The van der Waals surface area contributed by atoms with Gasteiger partial charge in [0.1, 0.15) is 11.5 Å². The van der Waals surface area contributed by atoms with Crippen molar-refractivity contribution >= 4 is 39.7 Å². The summed E-state index contributed by atoms with van der Waals surface area (Å²) < 4.78 is 16.6. The zero-order chi connectivity index (χ0) is 24.0. The lowest BCUT2D eigenvalue weighted by Gasteiger charge is -2.11. The highest BCUT2D eigenvalue weighted by Gasteiger charge is 2.15. The van der Waals surface area contributed by atoms with E-state index in [0.717, 1.165) is 0 Å². The summed E-state index contributed by atoms with van der Waals surface area (Å²) in [5, 5.41) is 14.8. The second kappa shape index (κ2) is 10.6. The van der Waals surface area contributed by atoms with Crippen molar-refractivity contribution in [3.8, 4) is 11.5 Å². The summed E-state index contributed by atoms with van der Waals surface area (Å²) in [5.74, 6) is -0.580. The molecule has 10 nitrogen and oxygen atoms in total. The van der Waals surface area contributed by atoms with Gasteiger partial charge in [0.2, 0.25) is 5.76 Å². The van der Waals surface area contributed by atoms with Crippen molar-refractivity contribution < 1.29 is 28.4 Å². The summed E-state index contributed by atoms with van der Waals surface area (Å²) in [5.41, 5.74) is 3.77. The largest absolute Gasteiger partial charge is 0.483 e. The maximum Gasteiger partial charge on any atom is 0.379 e. The van der Waals surface area contributed by atoms with Gasteiger partial charge in [-0.05, 0) is 55.3 Å². The van der Waals surface area contributed by atoms with Gasteiger partial charge in [0, 0.05) is 22.2 Å². The number of hydrogen-bond acceptors (Lipinski definition) is 8. The van der Waals surface area contributed by atoms with Gasteiger partial charge in [-0.25, -0.2) is 10.2 Å². The van der Waals surface area contributed by atoms with E-state index in [4.69, 9.17) is 13.9 Å². The van der Waals surface area contributed by atoms with Crippen LogP contribution in [0.5, 0.6) is 11.5 Å². The minimum absolute atomic E-state index is 0.0445. The van der Waals surface area contributed by atoms with Crippen LogP contribution >= 0.6 is 15.9 Å². The number of amides is 1. The smallest absolute Gasteiger partial charge is 0.379 e. The van der Waals surface area contributed by atoms with Crippen molar-refractivity contribution in [1.82, 2.24) is 5.43 Å². The molecule has 0 aliphatic rings. The first-order valence-corrected chi connectivity index (χ1v) is 10.3. The Bertz CT molecular complexity index is 1200. The van der Waals surface area contributed by atoms with Gasteiger partial charge in [-0.3, -0.25) is 14.9 Å². The third-order valence-electron chi connectivity index (χ3n) is 4.29. The Morgan fingerprint density at radius 1 is 1.21 bits per heavy atom. The van der Waals surface area contributed by atoms with E-state index in [1.54, 1.807) is 38.1 Å². The van der Waals surface area contributed by atoms with E-state index in [0.29, 0.717) is 26.9 Å². The van der Waals surface area contributed by atoms with Gasteiger partial charge in [-0.15, -0.1) is 0 Å². The second-order valence-corrected chi connectivity index (χ2v) is 7.71. The number of ether oxygens (including phenoxy) is 2. The number of hydrogen-bond donors (Lipinski definition) is 1. The molecular weight excluding hydrogens is 498 g/mol. The zero-order valence-electron chi connectivity index (χ0n) is 17.5. The summed E-state index contributed by atoms with van der Waals surface area (Å²) in [6.07, 6.45) is 2.67. The lowest BCUT2D eigenvalue weighted by atomic mass is 10.1. The number of non-ortho nitro benzene ring substituents is 1. The zero-order valence-corrected chi connectivity index (χ0v) is 19.1. The molecular formula is C22H18BrN3O7. The van der Waals surface area contributed by atoms with Crippen LogP contribution in [0.2, 0.25) is 0 Å². The molecule has 1 amide bonds. The van der Waals surface area contributed by atoms with Crippen LogP contribution in [0.3, 0.4) is 0 Å². The highest BCUT2D eigenvalue weighted by atomic mass is 79.9. The Morgan fingerprint density at radius 2 is 1.94 bits per heavy atom. The molecule has 3 aromatic rings.